The molecule has 0 aliphatic carbocycles. The van der Waals surface area contributed by atoms with Crippen molar-refractivity contribution in [3.05, 3.63) is 71.8 Å². The average molecular weight is 290 g/mol. The number of primary sulfonamides is 1. The Morgan fingerprint density at radius 1 is 0.850 bits per heavy atom. The second-order valence-corrected chi connectivity index (χ2v) is 6.44. The van der Waals surface area contributed by atoms with Gasteiger partial charge in [0.1, 0.15) is 0 Å². The van der Waals surface area contributed by atoms with Crippen LogP contribution in [0.5, 0.6) is 0 Å². The molecule has 0 fully saturated rings. The Morgan fingerprint density at radius 2 is 1.30 bits per heavy atom. The van der Waals surface area contributed by atoms with Gasteiger partial charge in [-0.3, -0.25) is 0 Å². The van der Waals surface area contributed by atoms with Gasteiger partial charge in [0.05, 0.1) is 5.75 Å². The van der Waals surface area contributed by atoms with E-state index in [-0.39, 0.29) is 11.7 Å². The van der Waals surface area contributed by atoms with E-state index >= 15 is 0 Å². The van der Waals surface area contributed by atoms with Crippen LogP contribution in [-0.4, -0.2) is 14.2 Å². The maximum Gasteiger partial charge on any atom is 0.209 e. The van der Waals surface area contributed by atoms with E-state index in [0.29, 0.717) is 0 Å². The fourth-order valence-electron chi connectivity index (χ4n) is 2.27. The summed E-state index contributed by atoms with van der Waals surface area (Å²) in [4.78, 5) is 0. The summed E-state index contributed by atoms with van der Waals surface area (Å²) in [6.45, 7) is 0. The Bertz CT molecular complexity index is 642. The monoisotopic (exact) mass is 290 g/mol. The van der Waals surface area contributed by atoms with Crippen LogP contribution in [0.3, 0.4) is 0 Å². The normalized spacial score (nSPS) is 14.7. The molecule has 0 amide bonds. The number of hydrogen-bond acceptors (Lipinski definition) is 3. The number of sulfonamides is 1. The highest BCUT2D eigenvalue weighted by Crippen LogP contribution is 2.29. The Kier molecular flexibility index (Phi) is 4.54. The highest BCUT2D eigenvalue weighted by Gasteiger charge is 2.25. The van der Waals surface area contributed by atoms with Crippen LogP contribution in [0.2, 0.25) is 0 Å². The average Bonchev–Trinajstić information content (AvgIpc) is 2.45. The molecule has 0 heterocycles. The van der Waals surface area contributed by atoms with Crippen LogP contribution >= 0.6 is 0 Å². The molecule has 0 saturated carbocycles. The SMILES string of the molecule is NC(c1ccccc1)C(CS(N)(=O)=O)c1ccccc1. The third-order valence-electron chi connectivity index (χ3n) is 3.26. The van der Waals surface area contributed by atoms with Crippen molar-refractivity contribution in [3.63, 3.8) is 0 Å². The van der Waals surface area contributed by atoms with Gasteiger partial charge in [0.2, 0.25) is 10.0 Å². The van der Waals surface area contributed by atoms with E-state index in [2.05, 4.69) is 0 Å². The second kappa shape index (κ2) is 6.17. The summed E-state index contributed by atoms with van der Waals surface area (Å²) in [5.41, 5.74) is 8.03. The lowest BCUT2D eigenvalue weighted by atomic mass is 9.89. The van der Waals surface area contributed by atoms with Crippen LogP contribution in [0.4, 0.5) is 0 Å². The molecule has 2 aromatic rings. The zero-order valence-electron chi connectivity index (χ0n) is 11.0. The third-order valence-corrected chi connectivity index (χ3v) is 4.08. The molecule has 0 aromatic heterocycles. The molecule has 2 rings (SSSR count). The van der Waals surface area contributed by atoms with Crippen molar-refractivity contribution >= 4 is 10.0 Å². The van der Waals surface area contributed by atoms with E-state index < -0.39 is 16.1 Å². The Labute approximate surface area is 119 Å². The lowest BCUT2D eigenvalue weighted by Gasteiger charge is -2.24. The van der Waals surface area contributed by atoms with Crippen LogP contribution in [0, 0.1) is 0 Å². The summed E-state index contributed by atoms with van der Waals surface area (Å²) in [7, 11) is -3.60. The molecule has 4 nitrogen and oxygen atoms in total. The van der Waals surface area contributed by atoms with Gasteiger partial charge in [-0.2, -0.15) is 0 Å². The molecule has 0 aliphatic rings. The lowest BCUT2D eigenvalue weighted by Crippen LogP contribution is -2.29. The van der Waals surface area contributed by atoms with Gasteiger partial charge in [0.25, 0.3) is 0 Å². The molecule has 0 spiro atoms. The first-order chi connectivity index (χ1) is 9.47. The maximum absolute atomic E-state index is 11.5. The van der Waals surface area contributed by atoms with E-state index in [1.54, 1.807) is 0 Å². The van der Waals surface area contributed by atoms with Crippen LogP contribution in [0.1, 0.15) is 23.1 Å². The van der Waals surface area contributed by atoms with Crippen molar-refractivity contribution in [3.8, 4) is 0 Å². The van der Waals surface area contributed by atoms with Crippen molar-refractivity contribution in [2.24, 2.45) is 10.9 Å². The van der Waals surface area contributed by atoms with E-state index in [1.807, 2.05) is 60.7 Å². The van der Waals surface area contributed by atoms with Crippen molar-refractivity contribution < 1.29 is 8.42 Å². The fourth-order valence-corrected chi connectivity index (χ4v) is 3.17. The Morgan fingerprint density at radius 3 is 1.75 bits per heavy atom. The van der Waals surface area contributed by atoms with Gasteiger partial charge in [-0.05, 0) is 11.1 Å². The molecule has 2 aromatic carbocycles. The number of rotatable bonds is 5. The number of hydrogen-bond donors (Lipinski definition) is 2. The van der Waals surface area contributed by atoms with Crippen molar-refractivity contribution in [2.75, 3.05) is 5.75 Å². The topological polar surface area (TPSA) is 86.2 Å². The van der Waals surface area contributed by atoms with E-state index in [0.717, 1.165) is 11.1 Å². The van der Waals surface area contributed by atoms with Gasteiger partial charge >= 0.3 is 0 Å². The molecule has 0 radical (unpaired) electrons. The van der Waals surface area contributed by atoms with Gasteiger partial charge < -0.3 is 5.73 Å². The van der Waals surface area contributed by atoms with Crippen molar-refractivity contribution in [1.29, 1.82) is 0 Å². The van der Waals surface area contributed by atoms with Crippen molar-refractivity contribution in [1.82, 2.24) is 0 Å². The molecule has 20 heavy (non-hydrogen) atoms. The summed E-state index contributed by atoms with van der Waals surface area (Å²) >= 11 is 0. The first kappa shape index (κ1) is 14.7. The molecule has 0 aliphatic heterocycles. The quantitative estimate of drug-likeness (QED) is 0.879. The van der Waals surface area contributed by atoms with Crippen LogP contribution < -0.4 is 10.9 Å². The predicted molar refractivity (Wildman–Crippen MR) is 80.5 cm³/mol. The summed E-state index contributed by atoms with van der Waals surface area (Å²) in [5.74, 6) is -0.541. The lowest BCUT2D eigenvalue weighted by molar-refractivity contribution is 0.560. The van der Waals surface area contributed by atoms with Crippen LogP contribution in [0.25, 0.3) is 0 Å². The van der Waals surface area contributed by atoms with Gasteiger partial charge in [0.15, 0.2) is 0 Å². The molecule has 106 valence electrons. The van der Waals surface area contributed by atoms with Crippen LogP contribution in [0.15, 0.2) is 60.7 Å². The Balaban J connectivity index is 2.37. The first-order valence-electron chi connectivity index (χ1n) is 6.33. The van der Waals surface area contributed by atoms with Gasteiger partial charge in [-0.1, -0.05) is 60.7 Å². The first-order valence-corrected chi connectivity index (χ1v) is 8.05. The molecule has 5 heteroatoms. The largest absolute Gasteiger partial charge is 0.323 e. The van der Waals surface area contributed by atoms with Crippen LogP contribution in [-0.2, 0) is 10.0 Å². The maximum atomic E-state index is 11.5. The highest BCUT2D eigenvalue weighted by molar-refractivity contribution is 7.89. The molecule has 0 saturated heterocycles. The van der Waals surface area contributed by atoms with E-state index in [4.69, 9.17) is 10.9 Å². The number of nitrogens with two attached hydrogens (primary N) is 2. The minimum Gasteiger partial charge on any atom is -0.323 e. The van der Waals surface area contributed by atoms with E-state index in [9.17, 15) is 8.42 Å². The minimum atomic E-state index is -3.60. The van der Waals surface area contributed by atoms with Crippen molar-refractivity contribution in [2.45, 2.75) is 12.0 Å². The summed E-state index contributed by atoms with van der Waals surface area (Å²) in [6.07, 6.45) is 0. The predicted octanol–water partition coefficient (Wildman–Crippen LogP) is 1.76. The molecular formula is C15H18N2O2S. The second-order valence-electron chi connectivity index (χ2n) is 4.78. The Hall–Kier alpha value is -1.69. The third kappa shape index (κ3) is 3.90. The number of benzene rings is 2. The smallest absolute Gasteiger partial charge is 0.209 e. The van der Waals surface area contributed by atoms with Gasteiger partial charge in [-0.25, -0.2) is 13.6 Å². The standard InChI is InChI=1S/C15H18N2O2S/c16-15(13-9-5-2-6-10-13)14(11-20(17,18)19)12-7-3-1-4-8-12/h1-10,14-15H,11,16H2,(H2,17,18,19). The van der Waals surface area contributed by atoms with Gasteiger partial charge in [0, 0.05) is 12.0 Å². The van der Waals surface area contributed by atoms with E-state index in [1.165, 1.54) is 0 Å². The zero-order valence-corrected chi connectivity index (χ0v) is 11.8. The molecule has 4 N–H and O–H groups in total. The zero-order chi connectivity index (χ0) is 14.6. The summed E-state index contributed by atoms with van der Waals surface area (Å²) in [5, 5.41) is 5.21. The summed E-state index contributed by atoms with van der Waals surface area (Å²) in [6, 6.07) is 18.4. The fraction of sp³-hybridized carbons (Fsp3) is 0.200. The molecule has 2 atom stereocenters. The highest BCUT2D eigenvalue weighted by atomic mass is 32.2. The molecule has 0 bridgehead atoms. The molecule has 2 unspecified atom stereocenters. The minimum absolute atomic E-state index is 0.174. The summed E-state index contributed by atoms with van der Waals surface area (Å²) < 4.78 is 22.9. The molecular weight excluding hydrogens is 272 g/mol. The van der Waals surface area contributed by atoms with Gasteiger partial charge in [-0.15, -0.1) is 0 Å².